The van der Waals surface area contributed by atoms with E-state index in [1.54, 1.807) is 12.1 Å². The molecular weight excluding hydrogens is 405 g/mol. The van der Waals surface area contributed by atoms with Crippen LogP contribution in [0.2, 0.25) is 0 Å². The standard InChI is InChI=1S/C26H30FN3O2/c1-18-24(29-13-15-32-16-14-29)20(3)30(17-22-11-7-8-12-23(22)27)25(18)26(31)28-19(2)21-9-5-4-6-10-21/h4-12,19H,13-17H2,1-3H3,(H,28,31)/t19-/m0/s1. The molecule has 1 aromatic heterocycles. The van der Waals surface area contributed by atoms with E-state index in [2.05, 4.69) is 10.2 Å². The van der Waals surface area contributed by atoms with Gasteiger partial charge in [0.1, 0.15) is 11.5 Å². The molecule has 4 rings (SSSR count). The van der Waals surface area contributed by atoms with Crippen molar-refractivity contribution in [3.8, 4) is 0 Å². The largest absolute Gasteiger partial charge is 0.378 e. The predicted molar refractivity (Wildman–Crippen MR) is 125 cm³/mol. The number of carbonyl (C=O) groups is 1. The van der Waals surface area contributed by atoms with Gasteiger partial charge in [-0.1, -0.05) is 48.5 Å². The molecule has 1 N–H and O–H groups in total. The summed E-state index contributed by atoms with van der Waals surface area (Å²) < 4.78 is 22.0. The Kier molecular flexibility index (Phi) is 6.61. The molecule has 0 unspecified atom stereocenters. The van der Waals surface area contributed by atoms with Gasteiger partial charge in [0.2, 0.25) is 0 Å². The molecule has 1 aliphatic heterocycles. The van der Waals surface area contributed by atoms with Crippen LogP contribution in [0.15, 0.2) is 54.6 Å². The Morgan fingerprint density at radius 1 is 1.06 bits per heavy atom. The second-order valence-corrected chi connectivity index (χ2v) is 8.29. The highest BCUT2D eigenvalue weighted by atomic mass is 19.1. The topological polar surface area (TPSA) is 46.5 Å². The van der Waals surface area contributed by atoms with Crippen molar-refractivity contribution < 1.29 is 13.9 Å². The van der Waals surface area contributed by atoms with Crippen molar-refractivity contribution in [1.82, 2.24) is 9.88 Å². The highest BCUT2D eigenvalue weighted by Crippen LogP contribution is 2.33. The average molecular weight is 436 g/mol. The number of nitrogens with zero attached hydrogens (tertiary/aromatic N) is 2. The van der Waals surface area contributed by atoms with Crippen molar-refractivity contribution in [2.45, 2.75) is 33.4 Å². The number of amides is 1. The first kappa shape index (κ1) is 22.1. The Balaban J connectivity index is 1.73. The summed E-state index contributed by atoms with van der Waals surface area (Å²) in [6, 6.07) is 16.5. The molecule has 2 heterocycles. The smallest absolute Gasteiger partial charge is 0.268 e. The summed E-state index contributed by atoms with van der Waals surface area (Å²) in [5.74, 6) is -0.423. The number of anilines is 1. The molecule has 32 heavy (non-hydrogen) atoms. The summed E-state index contributed by atoms with van der Waals surface area (Å²) in [6.45, 7) is 9.12. The summed E-state index contributed by atoms with van der Waals surface area (Å²) in [5, 5.41) is 3.14. The number of ether oxygens (including phenoxy) is 1. The molecule has 0 saturated carbocycles. The lowest BCUT2D eigenvalue weighted by Gasteiger charge is -2.29. The molecule has 0 aliphatic carbocycles. The quantitative estimate of drug-likeness (QED) is 0.615. The average Bonchev–Trinajstić information content (AvgIpc) is 3.05. The van der Waals surface area contributed by atoms with Gasteiger partial charge in [-0.15, -0.1) is 0 Å². The fraction of sp³-hybridized carbons (Fsp3) is 0.346. The molecule has 1 fully saturated rings. The van der Waals surface area contributed by atoms with E-state index in [0.29, 0.717) is 31.0 Å². The van der Waals surface area contributed by atoms with Gasteiger partial charge in [0.05, 0.1) is 31.5 Å². The number of hydrogen-bond acceptors (Lipinski definition) is 3. The van der Waals surface area contributed by atoms with Gasteiger partial charge in [-0.3, -0.25) is 4.79 Å². The minimum Gasteiger partial charge on any atom is -0.378 e. The lowest BCUT2D eigenvalue weighted by atomic mass is 10.1. The number of benzene rings is 2. The first-order valence-electron chi connectivity index (χ1n) is 11.1. The van der Waals surface area contributed by atoms with Gasteiger partial charge in [0.25, 0.3) is 5.91 Å². The van der Waals surface area contributed by atoms with Crippen molar-refractivity contribution >= 4 is 11.6 Å². The summed E-state index contributed by atoms with van der Waals surface area (Å²) in [5.41, 5.74) is 5.10. The molecule has 0 bridgehead atoms. The third-order valence-electron chi connectivity index (χ3n) is 6.20. The molecule has 1 atom stereocenters. The lowest BCUT2D eigenvalue weighted by Crippen LogP contribution is -2.36. The molecule has 1 aliphatic rings. The van der Waals surface area contributed by atoms with Gasteiger partial charge in [-0.2, -0.15) is 0 Å². The molecule has 0 spiro atoms. The van der Waals surface area contributed by atoms with Gasteiger partial charge in [-0.05, 0) is 32.4 Å². The maximum Gasteiger partial charge on any atom is 0.268 e. The summed E-state index contributed by atoms with van der Waals surface area (Å²) in [4.78, 5) is 15.8. The molecule has 1 saturated heterocycles. The Labute approximate surface area is 188 Å². The zero-order valence-corrected chi connectivity index (χ0v) is 18.9. The van der Waals surface area contributed by atoms with E-state index >= 15 is 0 Å². The van der Waals surface area contributed by atoms with Crippen LogP contribution in [0.3, 0.4) is 0 Å². The Bertz CT molecular complexity index is 1090. The van der Waals surface area contributed by atoms with Crippen molar-refractivity contribution in [3.05, 3.63) is 88.5 Å². The van der Waals surface area contributed by atoms with E-state index in [9.17, 15) is 9.18 Å². The first-order valence-corrected chi connectivity index (χ1v) is 11.1. The van der Waals surface area contributed by atoms with E-state index in [1.165, 1.54) is 6.07 Å². The number of nitrogens with one attached hydrogen (secondary N) is 1. The van der Waals surface area contributed by atoms with Crippen molar-refractivity contribution in [3.63, 3.8) is 0 Å². The second-order valence-electron chi connectivity index (χ2n) is 8.29. The minimum absolute atomic E-state index is 0.146. The highest BCUT2D eigenvalue weighted by Gasteiger charge is 2.28. The first-order chi connectivity index (χ1) is 15.5. The molecule has 6 heteroatoms. The van der Waals surface area contributed by atoms with Crippen LogP contribution < -0.4 is 10.2 Å². The third-order valence-corrected chi connectivity index (χ3v) is 6.20. The van der Waals surface area contributed by atoms with Crippen molar-refractivity contribution in [2.75, 3.05) is 31.2 Å². The van der Waals surface area contributed by atoms with Crippen molar-refractivity contribution in [2.24, 2.45) is 0 Å². The lowest BCUT2D eigenvalue weighted by molar-refractivity contribution is 0.0930. The number of carbonyl (C=O) groups excluding carboxylic acids is 1. The van der Waals surface area contributed by atoms with Crippen LogP contribution in [0.4, 0.5) is 10.1 Å². The van der Waals surface area contributed by atoms with Crippen LogP contribution in [-0.2, 0) is 11.3 Å². The number of halogens is 1. The van der Waals surface area contributed by atoms with Gasteiger partial charge in [-0.25, -0.2) is 4.39 Å². The van der Waals surface area contributed by atoms with E-state index in [-0.39, 0.29) is 17.8 Å². The Morgan fingerprint density at radius 3 is 2.41 bits per heavy atom. The van der Waals surface area contributed by atoms with Gasteiger partial charge < -0.3 is 19.5 Å². The molecule has 5 nitrogen and oxygen atoms in total. The summed E-state index contributed by atoms with van der Waals surface area (Å²) in [6.07, 6.45) is 0. The maximum atomic E-state index is 14.5. The number of hydrogen-bond donors (Lipinski definition) is 1. The van der Waals surface area contributed by atoms with Gasteiger partial charge in [0, 0.05) is 29.9 Å². The normalized spacial score (nSPS) is 14.9. The van der Waals surface area contributed by atoms with Crippen LogP contribution in [0, 0.1) is 19.7 Å². The summed E-state index contributed by atoms with van der Waals surface area (Å²) >= 11 is 0. The zero-order chi connectivity index (χ0) is 22.7. The summed E-state index contributed by atoms with van der Waals surface area (Å²) in [7, 11) is 0. The Morgan fingerprint density at radius 2 is 1.72 bits per heavy atom. The second kappa shape index (κ2) is 9.57. The van der Waals surface area contributed by atoms with Crippen LogP contribution in [0.25, 0.3) is 0 Å². The van der Waals surface area contributed by atoms with E-state index in [0.717, 1.165) is 35.6 Å². The van der Waals surface area contributed by atoms with Crippen molar-refractivity contribution in [1.29, 1.82) is 0 Å². The van der Waals surface area contributed by atoms with E-state index < -0.39 is 0 Å². The fourth-order valence-corrected chi connectivity index (χ4v) is 4.51. The van der Waals surface area contributed by atoms with Crippen LogP contribution in [0.5, 0.6) is 0 Å². The van der Waals surface area contributed by atoms with Gasteiger partial charge >= 0.3 is 0 Å². The van der Waals surface area contributed by atoms with Crippen LogP contribution in [0.1, 0.15) is 45.8 Å². The maximum absolute atomic E-state index is 14.5. The molecule has 2 aromatic carbocycles. The monoisotopic (exact) mass is 435 g/mol. The highest BCUT2D eigenvalue weighted by molar-refractivity contribution is 5.97. The fourth-order valence-electron chi connectivity index (χ4n) is 4.51. The van der Waals surface area contributed by atoms with Gasteiger partial charge in [0.15, 0.2) is 0 Å². The molecule has 168 valence electrons. The predicted octanol–water partition coefficient (Wildman–Crippen LogP) is 4.62. The van der Waals surface area contributed by atoms with E-state index in [4.69, 9.17) is 4.74 Å². The molecule has 3 aromatic rings. The van der Waals surface area contributed by atoms with E-state index in [1.807, 2.05) is 61.7 Å². The number of rotatable bonds is 6. The zero-order valence-electron chi connectivity index (χ0n) is 18.9. The minimum atomic E-state index is -0.268. The van der Waals surface area contributed by atoms with Crippen LogP contribution in [-0.4, -0.2) is 36.8 Å². The third kappa shape index (κ3) is 4.41. The number of aromatic nitrogens is 1. The molecule has 0 radical (unpaired) electrons. The molecular formula is C26H30FN3O2. The molecule has 1 amide bonds. The Hall–Kier alpha value is -3.12. The van der Waals surface area contributed by atoms with Crippen LogP contribution >= 0.6 is 0 Å². The number of morpholine rings is 1. The SMILES string of the molecule is Cc1c(N2CCOCC2)c(C)n(Cc2ccccc2F)c1C(=O)N[C@@H](C)c1ccccc1.